The SMILES string of the molecule is Cn1ncc2cc(NC(=O)[C@H]3[C@H]4CC(F)(F)CN4[C@]4(C(=O)Nc5c(Cl)cc(Cl)cc54)[C@H]3C(=O)O)ccc21. The van der Waals surface area contributed by atoms with E-state index in [-0.39, 0.29) is 21.3 Å². The Morgan fingerprint density at radius 2 is 2.00 bits per heavy atom. The van der Waals surface area contributed by atoms with Gasteiger partial charge in [0.05, 0.1) is 34.9 Å². The zero-order valence-corrected chi connectivity index (χ0v) is 20.6. The number of anilines is 2. The number of aromatic nitrogens is 2. The van der Waals surface area contributed by atoms with E-state index in [9.17, 15) is 28.3 Å². The van der Waals surface area contributed by atoms with E-state index in [0.717, 1.165) is 15.8 Å². The molecule has 2 aromatic carbocycles. The Morgan fingerprint density at radius 3 is 2.73 bits per heavy atom. The fourth-order valence-electron chi connectivity index (χ4n) is 6.27. The smallest absolute Gasteiger partial charge is 0.310 e. The number of hydrogen-bond donors (Lipinski definition) is 3. The second-order valence-electron chi connectivity index (χ2n) is 9.66. The number of nitrogens with zero attached hydrogens (tertiary/aromatic N) is 3. The molecular formula is C24H19Cl2F2N5O4. The molecule has 3 aromatic rings. The molecule has 4 atom stereocenters. The van der Waals surface area contributed by atoms with Crippen LogP contribution in [0.3, 0.4) is 0 Å². The highest BCUT2D eigenvalue weighted by atomic mass is 35.5. The molecule has 6 rings (SSSR count). The van der Waals surface area contributed by atoms with Gasteiger partial charge in [0.15, 0.2) is 0 Å². The summed E-state index contributed by atoms with van der Waals surface area (Å²) in [6.07, 6.45) is 0.817. The molecule has 3 aliphatic heterocycles. The van der Waals surface area contributed by atoms with E-state index in [1.54, 1.807) is 36.1 Å². The molecular weight excluding hydrogens is 531 g/mol. The Balaban J connectivity index is 1.49. The minimum absolute atomic E-state index is 0.0389. The highest BCUT2D eigenvalue weighted by molar-refractivity contribution is 6.38. The summed E-state index contributed by atoms with van der Waals surface area (Å²) in [4.78, 5) is 41.1. The number of nitrogens with one attached hydrogen (secondary N) is 2. The van der Waals surface area contributed by atoms with Crippen LogP contribution in [-0.2, 0) is 27.0 Å². The number of rotatable bonds is 3. The van der Waals surface area contributed by atoms with Crippen LogP contribution in [0.4, 0.5) is 20.2 Å². The predicted octanol–water partition coefficient (Wildman–Crippen LogP) is 3.71. The molecule has 3 aliphatic rings. The average molecular weight is 550 g/mol. The van der Waals surface area contributed by atoms with Gasteiger partial charge in [-0.3, -0.25) is 24.0 Å². The molecule has 3 N–H and O–H groups in total. The Hall–Kier alpha value is -3.28. The van der Waals surface area contributed by atoms with Gasteiger partial charge in [-0.2, -0.15) is 5.10 Å². The summed E-state index contributed by atoms with van der Waals surface area (Å²) in [6, 6.07) is 6.47. The first-order valence-corrected chi connectivity index (χ1v) is 12.1. The molecule has 0 aliphatic carbocycles. The largest absolute Gasteiger partial charge is 0.481 e. The van der Waals surface area contributed by atoms with E-state index < -0.39 is 60.1 Å². The van der Waals surface area contributed by atoms with Crippen LogP contribution >= 0.6 is 23.2 Å². The van der Waals surface area contributed by atoms with Crippen LogP contribution in [0.15, 0.2) is 36.5 Å². The number of aryl methyl sites for hydroxylation is 1. The number of halogens is 4. The van der Waals surface area contributed by atoms with E-state index >= 15 is 0 Å². The number of carboxylic acids is 1. The number of alkyl halides is 2. The van der Waals surface area contributed by atoms with Crippen LogP contribution in [0.2, 0.25) is 10.0 Å². The van der Waals surface area contributed by atoms with Crippen molar-refractivity contribution in [2.24, 2.45) is 18.9 Å². The van der Waals surface area contributed by atoms with Gasteiger partial charge < -0.3 is 15.7 Å². The lowest BCUT2D eigenvalue weighted by Crippen LogP contribution is -2.54. The highest BCUT2D eigenvalue weighted by Gasteiger charge is 2.74. The van der Waals surface area contributed by atoms with Gasteiger partial charge in [-0.25, -0.2) is 8.78 Å². The first-order valence-electron chi connectivity index (χ1n) is 11.3. The van der Waals surface area contributed by atoms with Crippen LogP contribution in [0, 0.1) is 11.8 Å². The van der Waals surface area contributed by atoms with Gasteiger partial charge >= 0.3 is 5.97 Å². The summed E-state index contributed by atoms with van der Waals surface area (Å²) in [6.45, 7) is -0.899. The van der Waals surface area contributed by atoms with Gasteiger partial charge in [-0.05, 0) is 30.3 Å². The summed E-state index contributed by atoms with van der Waals surface area (Å²) in [5.41, 5.74) is -0.794. The Kier molecular flexibility index (Phi) is 5.11. The van der Waals surface area contributed by atoms with Gasteiger partial charge in [0, 0.05) is 41.2 Å². The van der Waals surface area contributed by atoms with Crippen molar-refractivity contribution in [2.75, 3.05) is 17.2 Å². The summed E-state index contributed by atoms with van der Waals surface area (Å²) >= 11 is 12.5. The second kappa shape index (κ2) is 7.86. The van der Waals surface area contributed by atoms with Gasteiger partial charge in [-0.1, -0.05) is 23.2 Å². The lowest BCUT2D eigenvalue weighted by Gasteiger charge is -2.35. The molecule has 2 fully saturated rings. The van der Waals surface area contributed by atoms with Gasteiger partial charge in [0.1, 0.15) is 11.5 Å². The standard InChI is InChI=1S/C24H19Cl2F2N5O4/c1-32-15-3-2-12(4-10(15)8-29-32)30-20(34)17-16-7-23(27,28)9-33(16)24(18(17)21(35)36)13-5-11(25)6-14(26)19(13)31-22(24)37/h2-6,8,16-18H,7,9H2,1H3,(H,30,34)(H,31,37)(H,35,36)/t16-,17+,18-,24+/m1/s1. The van der Waals surface area contributed by atoms with Crippen molar-refractivity contribution >= 4 is 63.3 Å². The maximum Gasteiger partial charge on any atom is 0.310 e. The zero-order valence-electron chi connectivity index (χ0n) is 19.1. The van der Waals surface area contributed by atoms with Crippen LogP contribution in [0.25, 0.3) is 10.9 Å². The molecule has 13 heteroatoms. The van der Waals surface area contributed by atoms with Crippen LogP contribution < -0.4 is 10.6 Å². The van der Waals surface area contributed by atoms with Crippen molar-refractivity contribution in [1.29, 1.82) is 0 Å². The van der Waals surface area contributed by atoms with Crippen LogP contribution in [0.1, 0.15) is 12.0 Å². The van der Waals surface area contributed by atoms with Crippen molar-refractivity contribution in [2.45, 2.75) is 23.9 Å². The lowest BCUT2D eigenvalue weighted by atomic mass is 9.73. The third kappa shape index (κ3) is 3.30. The van der Waals surface area contributed by atoms with E-state index in [2.05, 4.69) is 15.7 Å². The molecule has 2 amide bonds. The van der Waals surface area contributed by atoms with Crippen molar-refractivity contribution in [1.82, 2.24) is 14.7 Å². The van der Waals surface area contributed by atoms with Crippen molar-refractivity contribution in [3.05, 3.63) is 52.1 Å². The summed E-state index contributed by atoms with van der Waals surface area (Å²) in [5, 5.41) is 20.6. The minimum Gasteiger partial charge on any atom is -0.481 e. The Labute approximate surface area is 218 Å². The number of aliphatic carboxylic acids is 1. The minimum atomic E-state index is -3.25. The Morgan fingerprint density at radius 1 is 1.24 bits per heavy atom. The first-order chi connectivity index (χ1) is 17.4. The average Bonchev–Trinajstić information content (AvgIpc) is 3.49. The second-order valence-corrected chi connectivity index (χ2v) is 10.5. The number of carboxylic acid groups (broad SMARTS) is 1. The van der Waals surface area contributed by atoms with Gasteiger partial charge in [-0.15, -0.1) is 0 Å². The molecule has 0 radical (unpaired) electrons. The molecule has 1 spiro atoms. The van der Waals surface area contributed by atoms with E-state index in [4.69, 9.17) is 23.2 Å². The maximum atomic E-state index is 14.8. The van der Waals surface area contributed by atoms with Crippen LogP contribution in [0.5, 0.6) is 0 Å². The third-order valence-electron chi connectivity index (χ3n) is 7.62. The number of carbonyl (C=O) groups excluding carboxylic acids is 2. The molecule has 0 saturated carbocycles. The van der Waals surface area contributed by atoms with Crippen LogP contribution in [-0.4, -0.2) is 56.1 Å². The number of benzene rings is 2. The molecule has 37 heavy (non-hydrogen) atoms. The lowest BCUT2D eigenvalue weighted by molar-refractivity contribution is -0.153. The fraction of sp³-hybridized carbons (Fsp3) is 0.333. The topological polar surface area (TPSA) is 117 Å². The predicted molar refractivity (Wildman–Crippen MR) is 131 cm³/mol. The molecule has 1 aromatic heterocycles. The summed E-state index contributed by atoms with van der Waals surface area (Å²) < 4.78 is 31.3. The maximum absolute atomic E-state index is 14.8. The van der Waals surface area contributed by atoms with Crippen molar-refractivity contribution < 1.29 is 28.3 Å². The quantitative estimate of drug-likeness (QED) is 0.458. The first kappa shape index (κ1) is 24.1. The number of fused-ring (bicyclic) bond motifs is 5. The zero-order chi connectivity index (χ0) is 26.4. The fourth-order valence-corrected chi connectivity index (χ4v) is 6.81. The molecule has 0 unspecified atom stereocenters. The summed E-state index contributed by atoms with van der Waals surface area (Å²) in [5.74, 6) is -9.51. The van der Waals surface area contributed by atoms with E-state index in [0.29, 0.717) is 5.69 Å². The molecule has 9 nitrogen and oxygen atoms in total. The third-order valence-corrected chi connectivity index (χ3v) is 8.14. The van der Waals surface area contributed by atoms with Gasteiger partial charge in [0.25, 0.3) is 11.8 Å². The van der Waals surface area contributed by atoms with Crippen molar-refractivity contribution in [3.8, 4) is 0 Å². The highest BCUT2D eigenvalue weighted by Crippen LogP contribution is 2.61. The normalized spacial score (nSPS) is 27.9. The molecule has 192 valence electrons. The monoisotopic (exact) mass is 549 g/mol. The van der Waals surface area contributed by atoms with E-state index in [1.807, 2.05) is 0 Å². The number of carbonyl (C=O) groups is 3. The number of amides is 2. The summed E-state index contributed by atoms with van der Waals surface area (Å²) in [7, 11) is 1.76. The van der Waals surface area contributed by atoms with Gasteiger partial charge in [0.2, 0.25) is 5.91 Å². The molecule has 0 bridgehead atoms. The van der Waals surface area contributed by atoms with Crippen molar-refractivity contribution in [3.63, 3.8) is 0 Å². The number of hydrogen-bond acceptors (Lipinski definition) is 5. The Bertz CT molecular complexity index is 1530. The molecule has 4 heterocycles. The van der Waals surface area contributed by atoms with E-state index in [1.165, 1.54) is 12.1 Å². The molecule has 2 saturated heterocycles.